The predicted molar refractivity (Wildman–Crippen MR) is 77.6 cm³/mol. The van der Waals surface area contributed by atoms with E-state index >= 15 is 0 Å². The molecule has 1 aromatic carbocycles. The molecule has 2 aromatic rings. The minimum atomic E-state index is -0.450. The summed E-state index contributed by atoms with van der Waals surface area (Å²) < 4.78 is 0. The van der Waals surface area contributed by atoms with Crippen molar-refractivity contribution in [2.75, 3.05) is 5.32 Å². The first-order valence-corrected chi connectivity index (χ1v) is 6.80. The molecule has 6 nitrogen and oxygen atoms in total. The van der Waals surface area contributed by atoms with E-state index in [0.717, 1.165) is 17.0 Å². The van der Waals surface area contributed by atoms with Crippen molar-refractivity contribution in [1.29, 1.82) is 0 Å². The van der Waals surface area contributed by atoms with Gasteiger partial charge in [0, 0.05) is 17.8 Å². The Balaban J connectivity index is 1.76. The molecule has 0 saturated heterocycles. The number of rotatable bonds is 3. The standard InChI is InChI=1S/C15H16N4O2/c1-9-13(18-8-17-9)7-16-15(21)11-6-14(20)19-12-5-3-2-4-10(11)12/h2-5,8,11H,6-7H2,1H3,(H,16,21)(H,17,18)(H,19,20)/t11-/m1/s1. The maximum Gasteiger partial charge on any atom is 0.228 e. The number of carbonyl (C=O) groups excluding carboxylic acids is 2. The minimum absolute atomic E-state index is 0.134. The average Bonchev–Trinajstić information content (AvgIpc) is 2.89. The molecular formula is C15H16N4O2. The number of hydrogen-bond acceptors (Lipinski definition) is 3. The van der Waals surface area contributed by atoms with Gasteiger partial charge >= 0.3 is 0 Å². The maximum absolute atomic E-state index is 12.4. The highest BCUT2D eigenvalue weighted by atomic mass is 16.2. The van der Waals surface area contributed by atoms with Crippen molar-refractivity contribution in [3.8, 4) is 0 Å². The monoisotopic (exact) mass is 284 g/mol. The lowest BCUT2D eigenvalue weighted by Gasteiger charge is -2.24. The van der Waals surface area contributed by atoms with Crippen LogP contribution in [0.4, 0.5) is 5.69 Å². The van der Waals surface area contributed by atoms with E-state index < -0.39 is 5.92 Å². The number of hydrogen-bond donors (Lipinski definition) is 3. The Morgan fingerprint density at radius 2 is 2.24 bits per heavy atom. The van der Waals surface area contributed by atoms with E-state index in [1.54, 1.807) is 6.33 Å². The molecule has 1 atom stereocenters. The van der Waals surface area contributed by atoms with E-state index in [0.29, 0.717) is 12.2 Å². The van der Waals surface area contributed by atoms with Crippen LogP contribution < -0.4 is 10.6 Å². The van der Waals surface area contributed by atoms with E-state index in [1.807, 2.05) is 31.2 Å². The SMILES string of the molecule is Cc1[nH]cnc1CNC(=O)[C@@H]1CC(=O)Nc2ccccc21. The van der Waals surface area contributed by atoms with Crippen molar-refractivity contribution in [1.82, 2.24) is 15.3 Å². The third kappa shape index (κ3) is 2.65. The van der Waals surface area contributed by atoms with Crippen molar-refractivity contribution in [2.24, 2.45) is 0 Å². The van der Waals surface area contributed by atoms with Crippen LogP contribution in [0.5, 0.6) is 0 Å². The Morgan fingerprint density at radius 3 is 3.00 bits per heavy atom. The van der Waals surface area contributed by atoms with E-state index in [4.69, 9.17) is 0 Å². The zero-order chi connectivity index (χ0) is 14.8. The van der Waals surface area contributed by atoms with E-state index in [-0.39, 0.29) is 18.2 Å². The van der Waals surface area contributed by atoms with Crippen LogP contribution in [0.3, 0.4) is 0 Å². The fraction of sp³-hybridized carbons (Fsp3) is 0.267. The predicted octanol–water partition coefficient (Wildman–Crippen LogP) is 1.46. The van der Waals surface area contributed by atoms with Gasteiger partial charge in [0.1, 0.15) is 0 Å². The quantitative estimate of drug-likeness (QED) is 0.797. The summed E-state index contributed by atoms with van der Waals surface area (Å²) in [5.74, 6) is -0.737. The molecule has 1 aliphatic heterocycles. The number of aromatic nitrogens is 2. The van der Waals surface area contributed by atoms with Crippen LogP contribution in [0.1, 0.15) is 29.3 Å². The number of carbonyl (C=O) groups is 2. The lowest BCUT2D eigenvalue weighted by molar-refractivity contribution is -0.126. The lowest BCUT2D eigenvalue weighted by Crippen LogP contribution is -2.34. The summed E-state index contributed by atoms with van der Waals surface area (Å²) in [6, 6.07) is 7.39. The number of benzene rings is 1. The Labute approximate surface area is 122 Å². The Kier molecular flexibility index (Phi) is 3.43. The first kappa shape index (κ1) is 13.4. The Morgan fingerprint density at radius 1 is 1.43 bits per heavy atom. The van der Waals surface area contributed by atoms with Crippen molar-refractivity contribution in [3.05, 3.63) is 47.5 Å². The van der Waals surface area contributed by atoms with Crippen LogP contribution in [0.15, 0.2) is 30.6 Å². The molecule has 0 saturated carbocycles. The Hall–Kier alpha value is -2.63. The number of aromatic amines is 1. The molecule has 2 amide bonds. The van der Waals surface area contributed by atoms with Crippen LogP contribution in [-0.4, -0.2) is 21.8 Å². The van der Waals surface area contributed by atoms with E-state index in [9.17, 15) is 9.59 Å². The van der Waals surface area contributed by atoms with Crippen molar-refractivity contribution in [3.63, 3.8) is 0 Å². The first-order chi connectivity index (χ1) is 10.1. The molecule has 1 aromatic heterocycles. The van der Waals surface area contributed by atoms with Gasteiger partial charge in [0.05, 0.1) is 24.5 Å². The molecular weight excluding hydrogens is 268 g/mol. The fourth-order valence-corrected chi connectivity index (χ4v) is 2.50. The topological polar surface area (TPSA) is 86.9 Å². The smallest absolute Gasteiger partial charge is 0.228 e. The van der Waals surface area contributed by atoms with E-state index in [1.165, 1.54) is 0 Å². The molecule has 21 heavy (non-hydrogen) atoms. The number of para-hydroxylation sites is 1. The number of aryl methyl sites for hydroxylation is 1. The summed E-state index contributed by atoms with van der Waals surface area (Å²) in [6.07, 6.45) is 1.77. The number of nitrogens with zero attached hydrogens (tertiary/aromatic N) is 1. The van der Waals surface area contributed by atoms with Gasteiger partial charge in [0.2, 0.25) is 11.8 Å². The number of anilines is 1. The molecule has 0 spiro atoms. The Bertz CT molecular complexity index is 692. The normalized spacial score (nSPS) is 17.0. The summed E-state index contributed by atoms with van der Waals surface area (Å²) >= 11 is 0. The molecule has 0 unspecified atom stereocenters. The largest absolute Gasteiger partial charge is 0.350 e. The molecule has 1 aliphatic rings. The summed E-state index contributed by atoms with van der Waals surface area (Å²) in [5.41, 5.74) is 3.30. The van der Waals surface area contributed by atoms with Crippen LogP contribution in [0, 0.1) is 6.92 Å². The fourth-order valence-electron chi connectivity index (χ4n) is 2.50. The highest BCUT2D eigenvalue weighted by Gasteiger charge is 2.30. The molecule has 0 fully saturated rings. The molecule has 3 N–H and O–H groups in total. The van der Waals surface area contributed by atoms with Crippen LogP contribution >= 0.6 is 0 Å². The highest BCUT2D eigenvalue weighted by Crippen LogP contribution is 2.31. The van der Waals surface area contributed by atoms with Gasteiger partial charge in [-0.2, -0.15) is 0 Å². The van der Waals surface area contributed by atoms with Gasteiger partial charge in [-0.1, -0.05) is 18.2 Å². The summed E-state index contributed by atoms with van der Waals surface area (Å²) in [6.45, 7) is 2.26. The molecule has 6 heteroatoms. The number of nitrogens with one attached hydrogen (secondary N) is 3. The van der Waals surface area contributed by atoms with Gasteiger partial charge in [-0.3, -0.25) is 9.59 Å². The maximum atomic E-state index is 12.4. The highest BCUT2D eigenvalue weighted by molar-refractivity contribution is 6.01. The number of amides is 2. The summed E-state index contributed by atoms with van der Waals surface area (Å²) in [4.78, 5) is 31.2. The first-order valence-electron chi connectivity index (χ1n) is 6.80. The summed E-state index contributed by atoms with van der Waals surface area (Å²) in [7, 11) is 0. The second-order valence-electron chi connectivity index (χ2n) is 5.08. The van der Waals surface area contributed by atoms with Crippen LogP contribution in [0.2, 0.25) is 0 Å². The zero-order valence-corrected chi connectivity index (χ0v) is 11.6. The van der Waals surface area contributed by atoms with Crippen molar-refractivity contribution >= 4 is 17.5 Å². The number of H-pyrrole nitrogens is 1. The molecule has 0 aliphatic carbocycles. The lowest BCUT2D eigenvalue weighted by atomic mass is 9.90. The number of fused-ring (bicyclic) bond motifs is 1. The van der Waals surface area contributed by atoms with Gasteiger partial charge in [-0.05, 0) is 18.6 Å². The average molecular weight is 284 g/mol. The van der Waals surface area contributed by atoms with Gasteiger partial charge < -0.3 is 15.6 Å². The zero-order valence-electron chi connectivity index (χ0n) is 11.6. The summed E-state index contributed by atoms with van der Waals surface area (Å²) in [5, 5.41) is 5.64. The van der Waals surface area contributed by atoms with Gasteiger partial charge in [0.15, 0.2) is 0 Å². The van der Waals surface area contributed by atoms with Gasteiger partial charge in [-0.25, -0.2) is 4.98 Å². The third-order valence-electron chi connectivity index (χ3n) is 3.68. The molecule has 108 valence electrons. The second-order valence-corrected chi connectivity index (χ2v) is 5.08. The van der Waals surface area contributed by atoms with E-state index in [2.05, 4.69) is 20.6 Å². The van der Waals surface area contributed by atoms with Gasteiger partial charge in [-0.15, -0.1) is 0 Å². The van der Waals surface area contributed by atoms with Crippen LogP contribution in [-0.2, 0) is 16.1 Å². The van der Waals surface area contributed by atoms with Gasteiger partial charge in [0.25, 0.3) is 0 Å². The molecule has 0 bridgehead atoms. The molecule has 3 rings (SSSR count). The van der Waals surface area contributed by atoms with Crippen LogP contribution in [0.25, 0.3) is 0 Å². The molecule has 0 radical (unpaired) electrons. The molecule has 2 heterocycles. The number of imidazole rings is 1. The van der Waals surface area contributed by atoms with Crippen molar-refractivity contribution < 1.29 is 9.59 Å². The second kappa shape index (κ2) is 5.40. The van der Waals surface area contributed by atoms with Crippen molar-refractivity contribution in [2.45, 2.75) is 25.8 Å². The minimum Gasteiger partial charge on any atom is -0.350 e. The third-order valence-corrected chi connectivity index (χ3v) is 3.68.